The predicted octanol–water partition coefficient (Wildman–Crippen LogP) is 4.17. The first kappa shape index (κ1) is 24.7. The van der Waals surface area contributed by atoms with Crippen LogP contribution in [0.25, 0.3) is 16.8 Å². The number of amides is 1. The van der Waals surface area contributed by atoms with Gasteiger partial charge < -0.3 is 20.5 Å². The second-order valence-electron chi connectivity index (χ2n) is 8.80. The molecule has 2 aromatic heterocycles. The summed E-state index contributed by atoms with van der Waals surface area (Å²) in [5, 5.41) is 12.3. The molecule has 182 valence electrons. The van der Waals surface area contributed by atoms with E-state index >= 15 is 0 Å². The Hall–Kier alpha value is -3.46. The molecule has 0 radical (unpaired) electrons. The standard InChI is InChI=1S/C26H28ClN5O3/c1-26(2,28)25(33)29-22(16-35-15-17-7-5-4-6-8-17)24-31-30-23-21(13-19(27)14-32(23)24)18-9-11-20(34-3)12-10-18/h4-14,22H,15-16,28H2,1-3H3,(H,29,33)/t22-/m1/s1. The van der Waals surface area contributed by atoms with Gasteiger partial charge in [-0.15, -0.1) is 10.2 Å². The van der Waals surface area contributed by atoms with Crippen molar-refractivity contribution in [2.24, 2.45) is 5.73 Å². The summed E-state index contributed by atoms with van der Waals surface area (Å²) in [5.74, 6) is 0.902. The Morgan fingerprint density at radius 1 is 1.14 bits per heavy atom. The highest BCUT2D eigenvalue weighted by Crippen LogP contribution is 2.30. The number of carbonyl (C=O) groups excluding carboxylic acids is 1. The van der Waals surface area contributed by atoms with Crippen molar-refractivity contribution in [3.05, 3.63) is 83.3 Å². The molecule has 0 aliphatic carbocycles. The zero-order valence-corrected chi connectivity index (χ0v) is 20.6. The lowest BCUT2D eigenvalue weighted by Crippen LogP contribution is -2.50. The molecular weight excluding hydrogens is 466 g/mol. The molecule has 8 nitrogen and oxygen atoms in total. The van der Waals surface area contributed by atoms with Gasteiger partial charge in [0.25, 0.3) is 0 Å². The van der Waals surface area contributed by atoms with Crippen molar-refractivity contribution >= 4 is 23.2 Å². The molecule has 3 N–H and O–H groups in total. The van der Waals surface area contributed by atoms with E-state index in [0.29, 0.717) is 23.1 Å². The van der Waals surface area contributed by atoms with Crippen LogP contribution in [0.3, 0.4) is 0 Å². The second-order valence-corrected chi connectivity index (χ2v) is 9.24. The number of pyridine rings is 1. The summed E-state index contributed by atoms with van der Waals surface area (Å²) >= 11 is 6.49. The number of aromatic nitrogens is 3. The molecule has 0 bridgehead atoms. The van der Waals surface area contributed by atoms with E-state index in [0.717, 1.165) is 22.4 Å². The minimum atomic E-state index is -1.08. The zero-order chi connectivity index (χ0) is 25.0. The predicted molar refractivity (Wildman–Crippen MR) is 135 cm³/mol. The minimum absolute atomic E-state index is 0.169. The summed E-state index contributed by atoms with van der Waals surface area (Å²) in [7, 11) is 1.62. The number of halogens is 1. The van der Waals surface area contributed by atoms with Crippen molar-refractivity contribution in [3.8, 4) is 16.9 Å². The molecule has 35 heavy (non-hydrogen) atoms. The summed E-state index contributed by atoms with van der Waals surface area (Å²) in [4.78, 5) is 12.8. The highest BCUT2D eigenvalue weighted by molar-refractivity contribution is 6.30. The van der Waals surface area contributed by atoms with Crippen LogP contribution >= 0.6 is 11.6 Å². The second kappa shape index (κ2) is 10.4. The van der Waals surface area contributed by atoms with Crippen molar-refractivity contribution in [1.29, 1.82) is 0 Å². The van der Waals surface area contributed by atoms with E-state index in [1.165, 1.54) is 0 Å². The topological polar surface area (TPSA) is 104 Å². The molecule has 0 saturated heterocycles. The van der Waals surface area contributed by atoms with Crippen LogP contribution in [0.15, 0.2) is 66.9 Å². The number of hydrogen-bond donors (Lipinski definition) is 2. The first-order valence-corrected chi connectivity index (χ1v) is 11.5. The van der Waals surface area contributed by atoms with Gasteiger partial charge in [-0.3, -0.25) is 9.20 Å². The molecule has 1 atom stereocenters. The Morgan fingerprint density at radius 2 is 1.86 bits per heavy atom. The average molecular weight is 494 g/mol. The van der Waals surface area contributed by atoms with E-state index < -0.39 is 11.6 Å². The van der Waals surface area contributed by atoms with Crippen LogP contribution in [0.4, 0.5) is 0 Å². The Morgan fingerprint density at radius 3 is 2.51 bits per heavy atom. The number of carbonyl (C=O) groups is 1. The Kier molecular flexibility index (Phi) is 7.35. The lowest BCUT2D eigenvalue weighted by Gasteiger charge is -2.23. The third kappa shape index (κ3) is 5.79. The fourth-order valence-electron chi connectivity index (χ4n) is 3.59. The summed E-state index contributed by atoms with van der Waals surface area (Å²) in [6, 6.07) is 18.6. The largest absolute Gasteiger partial charge is 0.497 e. The fourth-order valence-corrected chi connectivity index (χ4v) is 3.80. The van der Waals surface area contributed by atoms with Crippen molar-refractivity contribution < 1.29 is 14.3 Å². The summed E-state index contributed by atoms with van der Waals surface area (Å²) in [5.41, 5.74) is 8.28. The SMILES string of the molecule is COc1ccc(-c2cc(Cl)cn3c([C@@H](COCc4ccccc4)NC(=O)C(C)(C)N)nnc23)cc1. The van der Waals surface area contributed by atoms with E-state index in [1.54, 1.807) is 31.6 Å². The molecule has 0 aliphatic rings. The van der Waals surface area contributed by atoms with Crippen LogP contribution in [0.2, 0.25) is 5.02 Å². The van der Waals surface area contributed by atoms with Crippen LogP contribution in [0.1, 0.15) is 31.3 Å². The highest BCUT2D eigenvalue weighted by Gasteiger charge is 2.28. The molecule has 0 aliphatic heterocycles. The summed E-state index contributed by atoms with van der Waals surface area (Å²) in [6.45, 7) is 3.84. The van der Waals surface area contributed by atoms with E-state index in [1.807, 2.05) is 60.7 Å². The molecule has 2 aromatic carbocycles. The summed E-state index contributed by atoms with van der Waals surface area (Å²) in [6.07, 6.45) is 1.73. The van der Waals surface area contributed by atoms with Crippen LogP contribution in [-0.2, 0) is 16.1 Å². The van der Waals surface area contributed by atoms with Crippen molar-refractivity contribution in [1.82, 2.24) is 19.9 Å². The highest BCUT2D eigenvalue weighted by atomic mass is 35.5. The lowest BCUT2D eigenvalue weighted by atomic mass is 10.1. The molecule has 0 unspecified atom stereocenters. The van der Waals surface area contributed by atoms with Crippen LogP contribution in [0, 0.1) is 0 Å². The number of nitrogens with one attached hydrogen (secondary N) is 1. The minimum Gasteiger partial charge on any atom is -0.497 e. The lowest BCUT2D eigenvalue weighted by molar-refractivity contribution is -0.126. The fraction of sp³-hybridized carbons (Fsp3) is 0.269. The molecule has 0 saturated carbocycles. The van der Waals surface area contributed by atoms with Crippen LogP contribution < -0.4 is 15.8 Å². The number of methoxy groups -OCH3 is 1. The quantitative estimate of drug-likeness (QED) is 0.362. The number of rotatable bonds is 9. The van der Waals surface area contributed by atoms with Crippen LogP contribution in [-0.4, -0.2) is 39.8 Å². The first-order chi connectivity index (χ1) is 16.8. The van der Waals surface area contributed by atoms with Gasteiger partial charge in [0, 0.05) is 11.8 Å². The van der Waals surface area contributed by atoms with Gasteiger partial charge in [-0.25, -0.2) is 0 Å². The van der Waals surface area contributed by atoms with Gasteiger partial charge in [0.2, 0.25) is 5.91 Å². The number of nitrogens with two attached hydrogens (primary N) is 1. The maximum Gasteiger partial charge on any atom is 0.240 e. The van der Waals surface area contributed by atoms with E-state index in [2.05, 4.69) is 15.5 Å². The van der Waals surface area contributed by atoms with Gasteiger partial charge in [-0.1, -0.05) is 54.1 Å². The van der Waals surface area contributed by atoms with Gasteiger partial charge >= 0.3 is 0 Å². The van der Waals surface area contributed by atoms with E-state index in [9.17, 15) is 4.79 Å². The Labute approximate surface area is 209 Å². The molecule has 0 spiro atoms. The zero-order valence-electron chi connectivity index (χ0n) is 19.9. The smallest absolute Gasteiger partial charge is 0.240 e. The van der Waals surface area contributed by atoms with Gasteiger partial charge in [-0.05, 0) is 43.2 Å². The third-order valence-corrected chi connectivity index (χ3v) is 5.70. The van der Waals surface area contributed by atoms with Gasteiger partial charge in [0.05, 0.1) is 30.9 Å². The number of fused-ring (bicyclic) bond motifs is 1. The van der Waals surface area contributed by atoms with Crippen molar-refractivity contribution in [3.63, 3.8) is 0 Å². The molecule has 2 heterocycles. The molecule has 4 rings (SSSR count). The van der Waals surface area contributed by atoms with E-state index in [-0.39, 0.29) is 12.5 Å². The number of ether oxygens (including phenoxy) is 2. The maximum atomic E-state index is 12.8. The van der Waals surface area contributed by atoms with Gasteiger partial charge in [0.1, 0.15) is 11.8 Å². The van der Waals surface area contributed by atoms with Gasteiger partial charge in [-0.2, -0.15) is 0 Å². The summed E-state index contributed by atoms with van der Waals surface area (Å²) < 4.78 is 13.0. The average Bonchev–Trinajstić information content (AvgIpc) is 3.26. The molecular formula is C26H28ClN5O3. The molecule has 9 heteroatoms. The monoisotopic (exact) mass is 493 g/mol. The molecule has 4 aromatic rings. The Balaban J connectivity index is 1.69. The first-order valence-electron chi connectivity index (χ1n) is 11.2. The van der Waals surface area contributed by atoms with Crippen LogP contribution in [0.5, 0.6) is 5.75 Å². The number of hydrogen-bond acceptors (Lipinski definition) is 6. The van der Waals surface area contributed by atoms with E-state index in [4.69, 9.17) is 26.8 Å². The Bertz CT molecular complexity index is 1300. The normalized spacial score (nSPS) is 12.5. The van der Waals surface area contributed by atoms with Crippen molar-refractivity contribution in [2.75, 3.05) is 13.7 Å². The molecule has 0 fully saturated rings. The molecule has 1 amide bonds. The third-order valence-electron chi connectivity index (χ3n) is 5.50. The number of nitrogens with zero attached hydrogens (tertiary/aromatic N) is 3. The maximum absolute atomic E-state index is 12.8. The van der Waals surface area contributed by atoms with Crippen molar-refractivity contribution in [2.45, 2.75) is 32.0 Å². The number of benzene rings is 2. The van der Waals surface area contributed by atoms with Gasteiger partial charge in [0.15, 0.2) is 11.5 Å².